The first kappa shape index (κ1) is 12.3. The van der Waals surface area contributed by atoms with Gasteiger partial charge >= 0.3 is 0 Å². The van der Waals surface area contributed by atoms with Crippen LogP contribution < -0.4 is 5.32 Å². The van der Waals surface area contributed by atoms with E-state index in [9.17, 15) is 0 Å². The molecule has 2 aliphatic heterocycles. The largest absolute Gasteiger partial charge is 0.319 e. The second-order valence-corrected chi connectivity index (χ2v) is 5.60. The van der Waals surface area contributed by atoms with Crippen LogP contribution in [0.1, 0.15) is 26.7 Å². The van der Waals surface area contributed by atoms with E-state index in [-0.39, 0.29) is 0 Å². The monoisotopic (exact) mass is 225 g/mol. The van der Waals surface area contributed by atoms with Crippen LogP contribution in [0.3, 0.4) is 0 Å². The van der Waals surface area contributed by atoms with Gasteiger partial charge in [-0.2, -0.15) is 0 Å². The molecule has 94 valence electrons. The fourth-order valence-electron chi connectivity index (χ4n) is 3.24. The molecule has 16 heavy (non-hydrogen) atoms. The molecule has 0 aromatic heterocycles. The van der Waals surface area contributed by atoms with Crippen LogP contribution in [0.4, 0.5) is 0 Å². The second kappa shape index (κ2) is 5.48. The molecule has 0 saturated carbocycles. The van der Waals surface area contributed by atoms with Gasteiger partial charge in [0.25, 0.3) is 0 Å². The molecule has 0 aliphatic carbocycles. The third kappa shape index (κ3) is 2.58. The summed E-state index contributed by atoms with van der Waals surface area (Å²) in [7, 11) is 2.05. The molecule has 0 aromatic carbocycles. The van der Waals surface area contributed by atoms with Crippen molar-refractivity contribution in [1.29, 1.82) is 0 Å². The maximum atomic E-state index is 3.30. The Morgan fingerprint density at radius 1 is 1.25 bits per heavy atom. The van der Waals surface area contributed by atoms with Gasteiger partial charge < -0.3 is 5.32 Å². The lowest BCUT2D eigenvalue weighted by Crippen LogP contribution is -2.54. The second-order valence-electron chi connectivity index (χ2n) is 5.60. The van der Waals surface area contributed by atoms with Crippen LogP contribution in [0.25, 0.3) is 0 Å². The Hall–Kier alpha value is -0.120. The summed E-state index contributed by atoms with van der Waals surface area (Å²) in [6, 6.07) is 1.58. The Labute approximate surface area is 100 Å². The van der Waals surface area contributed by atoms with Crippen molar-refractivity contribution in [2.24, 2.45) is 5.92 Å². The Balaban J connectivity index is 1.85. The first-order chi connectivity index (χ1) is 7.72. The van der Waals surface area contributed by atoms with Crippen LogP contribution in [0, 0.1) is 5.92 Å². The van der Waals surface area contributed by atoms with Gasteiger partial charge in [-0.25, -0.2) is 0 Å². The van der Waals surface area contributed by atoms with Crippen molar-refractivity contribution in [3.05, 3.63) is 0 Å². The molecule has 3 nitrogen and oxygen atoms in total. The molecule has 2 saturated heterocycles. The molecular formula is C13H27N3. The predicted octanol–water partition coefficient (Wildman–Crippen LogP) is 1.01. The number of hydrogen-bond acceptors (Lipinski definition) is 3. The normalized spacial score (nSPS) is 31.3. The molecule has 2 fully saturated rings. The number of fused-ring (bicyclic) bond motifs is 1. The summed E-state index contributed by atoms with van der Waals surface area (Å²) in [6.45, 7) is 11.1. The van der Waals surface area contributed by atoms with E-state index in [1.54, 1.807) is 0 Å². The Bertz CT molecular complexity index is 219. The SMILES string of the molecule is CNCC(C)C(C)N1CCN2CCCC2C1. The lowest BCUT2D eigenvalue weighted by atomic mass is 10.00. The molecule has 0 aromatic rings. The van der Waals surface area contributed by atoms with Gasteiger partial charge in [0.05, 0.1) is 0 Å². The van der Waals surface area contributed by atoms with Crippen molar-refractivity contribution >= 4 is 0 Å². The van der Waals surface area contributed by atoms with Gasteiger partial charge in [0.15, 0.2) is 0 Å². The highest BCUT2D eigenvalue weighted by atomic mass is 15.3. The molecule has 0 spiro atoms. The van der Waals surface area contributed by atoms with Crippen LogP contribution in [0.5, 0.6) is 0 Å². The first-order valence-electron chi connectivity index (χ1n) is 6.85. The molecule has 1 N–H and O–H groups in total. The highest BCUT2D eigenvalue weighted by Crippen LogP contribution is 2.24. The Kier molecular flexibility index (Phi) is 4.22. The van der Waals surface area contributed by atoms with E-state index in [1.165, 1.54) is 39.0 Å². The fourth-order valence-corrected chi connectivity index (χ4v) is 3.24. The minimum absolute atomic E-state index is 0.718. The standard InChI is InChI=1S/C13H27N3/c1-11(9-14-3)12(2)16-8-7-15-6-4-5-13(15)10-16/h11-14H,4-10H2,1-3H3. The third-order valence-corrected chi connectivity index (χ3v) is 4.54. The zero-order valence-corrected chi connectivity index (χ0v) is 11.1. The molecule has 2 heterocycles. The molecule has 0 bridgehead atoms. The van der Waals surface area contributed by atoms with Crippen molar-refractivity contribution in [2.75, 3.05) is 39.8 Å². The predicted molar refractivity (Wildman–Crippen MR) is 68.7 cm³/mol. The molecular weight excluding hydrogens is 198 g/mol. The lowest BCUT2D eigenvalue weighted by molar-refractivity contribution is 0.0589. The number of nitrogens with zero attached hydrogens (tertiary/aromatic N) is 2. The molecule has 3 heteroatoms. The van der Waals surface area contributed by atoms with Gasteiger partial charge in [-0.15, -0.1) is 0 Å². The average molecular weight is 225 g/mol. The highest BCUT2D eigenvalue weighted by Gasteiger charge is 2.33. The first-order valence-corrected chi connectivity index (χ1v) is 6.85. The summed E-state index contributed by atoms with van der Waals surface area (Å²) < 4.78 is 0. The van der Waals surface area contributed by atoms with Gasteiger partial charge in [0.1, 0.15) is 0 Å². The van der Waals surface area contributed by atoms with Crippen LogP contribution >= 0.6 is 0 Å². The maximum Gasteiger partial charge on any atom is 0.0224 e. The van der Waals surface area contributed by atoms with Gasteiger partial charge in [0.2, 0.25) is 0 Å². The van der Waals surface area contributed by atoms with Gasteiger partial charge in [0, 0.05) is 31.7 Å². The minimum atomic E-state index is 0.718. The summed E-state index contributed by atoms with van der Waals surface area (Å²) in [5, 5.41) is 3.30. The van der Waals surface area contributed by atoms with Crippen molar-refractivity contribution in [1.82, 2.24) is 15.1 Å². The number of nitrogens with one attached hydrogen (secondary N) is 1. The van der Waals surface area contributed by atoms with Crippen molar-refractivity contribution in [3.63, 3.8) is 0 Å². The van der Waals surface area contributed by atoms with Crippen LogP contribution in [0.2, 0.25) is 0 Å². The van der Waals surface area contributed by atoms with Gasteiger partial charge in [-0.3, -0.25) is 9.80 Å². The summed E-state index contributed by atoms with van der Waals surface area (Å²) in [5.41, 5.74) is 0. The van der Waals surface area contributed by atoms with Crippen LogP contribution in [-0.4, -0.2) is 61.7 Å². The summed E-state index contributed by atoms with van der Waals surface area (Å²) in [6.07, 6.45) is 2.84. The van der Waals surface area contributed by atoms with Gasteiger partial charge in [-0.05, 0) is 45.8 Å². The summed E-state index contributed by atoms with van der Waals surface area (Å²) in [4.78, 5) is 5.39. The Morgan fingerprint density at radius 3 is 2.81 bits per heavy atom. The quantitative estimate of drug-likeness (QED) is 0.770. The zero-order chi connectivity index (χ0) is 11.5. The molecule has 0 amide bonds. The molecule has 2 aliphatic rings. The van der Waals surface area contributed by atoms with E-state index in [1.807, 2.05) is 0 Å². The van der Waals surface area contributed by atoms with E-state index in [0.29, 0.717) is 0 Å². The number of piperazine rings is 1. The van der Waals surface area contributed by atoms with Gasteiger partial charge in [-0.1, -0.05) is 6.92 Å². The summed E-state index contributed by atoms with van der Waals surface area (Å²) in [5.74, 6) is 0.748. The molecule has 3 unspecified atom stereocenters. The Morgan fingerprint density at radius 2 is 2.06 bits per heavy atom. The summed E-state index contributed by atoms with van der Waals surface area (Å²) >= 11 is 0. The highest BCUT2D eigenvalue weighted by molar-refractivity contribution is 4.89. The fraction of sp³-hybridized carbons (Fsp3) is 1.00. The van der Waals surface area contributed by atoms with E-state index in [0.717, 1.165) is 24.5 Å². The third-order valence-electron chi connectivity index (χ3n) is 4.54. The van der Waals surface area contributed by atoms with Crippen molar-refractivity contribution in [3.8, 4) is 0 Å². The van der Waals surface area contributed by atoms with Crippen molar-refractivity contribution in [2.45, 2.75) is 38.8 Å². The molecule has 3 atom stereocenters. The van der Waals surface area contributed by atoms with Crippen LogP contribution in [0.15, 0.2) is 0 Å². The molecule has 0 radical (unpaired) electrons. The topological polar surface area (TPSA) is 18.5 Å². The zero-order valence-electron chi connectivity index (χ0n) is 11.1. The number of rotatable bonds is 4. The molecule has 2 rings (SSSR count). The average Bonchev–Trinajstić information content (AvgIpc) is 2.75. The lowest BCUT2D eigenvalue weighted by Gasteiger charge is -2.42. The minimum Gasteiger partial charge on any atom is -0.319 e. The number of hydrogen-bond donors (Lipinski definition) is 1. The van der Waals surface area contributed by atoms with E-state index in [2.05, 4.69) is 36.0 Å². The van der Waals surface area contributed by atoms with Crippen LogP contribution in [-0.2, 0) is 0 Å². The maximum absolute atomic E-state index is 3.30. The van der Waals surface area contributed by atoms with E-state index < -0.39 is 0 Å². The van der Waals surface area contributed by atoms with E-state index in [4.69, 9.17) is 0 Å². The smallest absolute Gasteiger partial charge is 0.0224 e. The van der Waals surface area contributed by atoms with Crippen molar-refractivity contribution < 1.29 is 0 Å². The van der Waals surface area contributed by atoms with E-state index >= 15 is 0 Å².